The normalized spacial score (nSPS) is 18.9. The van der Waals surface area contributed by atoms with Crippen molar-refractivity contribution < 1.29 is 13.5 Å². The summed E-state index contributed by atoms with van der Waals surface area (Å²) in [6.07, 6.45) is 1.48. The molecule has 0 saturated carbocycles. The van der Waals surface area contributed by atoms with Crippen molar-refractivity contribution in [3.63, 3.8) is 0 Å². The Morgan fingerprint density at radius 3 is 2.33 bits per heavy atom. The van der Waals surface area contributed by atoms with Crippen molar-refractivity contribution in [3.8, 4) is 0 Å². The van der Waals surface area contributed by atoms with E-state index in [1.807, 2.05) is 0 Å². The SMILES string of the molecule is NNC(c1c(F)cc(Br)cc1F)C1CCOCC1. The average molecular weight is 321 g/mol. The van der Waals surface area contributed by atoms with Gasteiger partial charge in [0.05, 0.1) is 6.04 Å². The topological polar surface area (TPSA) is 47.3 Å². The highest BCUT2D eigenvalue weighted by Gasteiger charge is 2.29. The molecule has 1 atom stereocenters. The molecule has 1 unspecified atom stereocenters. The molecule has 100 valence electrons. The molecular weight excluding hydrogens is 306 g/mol. The molecule has 1 saturated heterocycles. The van der Waals surface area contributed by atoms with Gasteiger partial charge in [-0.3, -0.25) is 11.3 Å². The Balaban J connectivity index is 2.32. The van der Waals surface area contributed by atoms with Crippen molar-refractivity contribution in [2.75, 3.05) is 13.2 Å². The zero-order valence-corrected chi connectivity index (χ0v) is 11.3. The van der Waals surface area contributed by atoms with Gasteiger partial charge >= 0.3 is 0 Å². The third-order valence-corrected chi connectivity index (χ3v) is 3.73. The fourth-order valence-corrected chi connectivity index (χ4v) is 2.76. The van der Waals surface area contributed by atoms with Gasteiger partial charge in [0, 0.05) is 23.2 Å². The van der Waals surface area contributed by atoms with Gasteiger partial charge in [0.15, 0.2) is 0 Å². The van der Waals surface area contributed by atoms with Gasteiger partial charge in [-0.25, -0.2) is 8.78 Å². The van der Waals surface area contributed by atoms with Gasteiger partial charge in [-0.2, -0.15) is 0 Å². The Labute approximate surface area is 113 Å². The summed E-state index contributed by atoms with van der Waals surface area (Å²) in [6, 6.07) is 1.98. The molecule has 6 heteroatoms. The number of nitrogens with two attached hydrogens (primary N) is 1. The predicted octanol–water partition coefficient (Wildman–Crippen LogP) is 2.66. The van der Waals surface area contributed by atoms with Crippen LogP contribution in [0.2, 0.25) is 0 Å². The monoisotopic (exact) mass is 320 g/mol. The fourth-order valence-electron chi connectivity index (χ4n) is 2.35. The summed E-state index contributed by atoms with van der Waals surface area (Å²) in [4.78, 5) is 0. The van der Waals surface area contributed by atoms with Gasteiger partial charge in [0.25, 0.3) is 0 Å². The highest BCUT2D eigenvalue weighted by Crippen LogP contribution is 2.33. The molecule has 3 N–H and O–H groups in total. The van der Waals surface area contributed by atoms with Crippen LogP contribution in [0, 0.1) is 17.6 Å². The average Bonchev–Trinajstić information content (AvgIpc) is 2.34. The van der Waals surface area contributed by atoms with E-state index < -0.39 is 17.7 Å². The van der Waals surface area contributed by atoms with E-state index in [-0.39, 0.29) is 11.5 Å². The number of halogens is 3. The highest BCUT2D eigenvalue weighted by atomic mass is 79.9. The fraction of sp³-hybridized carbons (Fsp3) is 0.500. The minimum absolute atomic E-state index is 0.00704. The molecule has 1 fully saturated rings. The molecule has 0 aliphatic carbocycles. The lowest BCUT2D eigenvalue weighted by Crippen LogP contribution is -2.37. The minimum atomic E-state index is -0.587. The van der Waals surface area contributed by atoms with E-state index in [1.165, 1.54) is 12.1 Å². The van der Waals surface area contributed by atoms with Crippen LogP contribution in [0.15, 0.2) is 16.6 Å². The molecule has 1 aliphatic rings. The van der Waals surface area contributed by atoms with Gasteiger partial charge in [0.2, 0.25) is 0 Å². The molecule has 0 aromatic heterocycles. The van der Waals surface area contributed by atoms with Gasteiger partial charge in [0.1, 0.15) is 11.6 Å². The molecule has 0 bridgehead atoms. The number of hydrogen-bond donors (Lipinski definition) is 2. The zero-order valence-electron chi connectivity index (χ0n) is 9.76. The van der Waals surface area contributed by atoms with Crippen LogP contribution in [0.3, 0.4) is 0 Å². The second kappa shape index (κ2) is 6.06. The highest BCUT2D eigenvalue weighted by molar-refractivity contribution is 9.10. The molecule has 3 nitrogen and oxygen atoms in total. The standard InChI is InChI=1S/C12H15BrF2N2O/c13-8-5-9(14)11(10(15)6-8)12(17-16)7-1-3-18-4-2-7/h5-7,12,17H,1-4,16H2. The van der Waals surface area contributed by atoms with Gasteiger partial charge in [-0.15, -0.1) is 0 Å². The summed E-state index contributed by atoms with van der Waals surface area (Å²) in [5.41, 5.74) is 2.55. The van der Waals surface area contributed by atoms with Crippen molar-refractivity contribution in [3.05, 3.63) is 33.8 Å². The van der Waals surface area contributed by atoms with E-state index in [9.17, 15) is 8.78 Å². The van der Waals surface area contributed by atoms with E-state index in [1.54, 1.807) is 0 Å². The number of hydrogen-bond acceptors (Lipinski definition) is 3. The van der Waals surface area contributed by atoms with Crippen LogP contribution in [0.1, 0.15) is 24.4 Å². The van der Waals surface area contributed by atoms with Gasteiger partial charge in [-0.05, 0) is 30.9 Å². The summed E-state index contributed by atoms with van der Waals surface area (Å²) in [7, 11) is 0. The second-order valence-corrected chi connectivity index (χ2v) is 5.29. The number of ether oxygens (including phenoxy) is 1. The molecule has 2 rings (SSSR count). The van der Waals surface area contributed by atoms with Crippen molar-refractivity contribution >= 4 is 15.9 Å². The molecule has 1 aliphatic heterocycles. The first-order valence-electron chi connectivity index (χ1n) is 5.81. The quantitative estimate of drug-likeness (QED) is 0.665. The maximum absolute atomic E-state index is 13.9. The first-order valence-corrected chi connectivity index (χ1v) is 6.61. The van der Waals surface area contributed by atoms with E-state index in [0.29, 0.717) is 17.7 Å². The molecule has 0 radical (unpaired) electrons. The van der Waals surface area contributed by atoms with Crippen LogP contribution in [-0.2, 0) is 4.74 Å². The van der Waals surface area contributed by atoms with Crippen LogP contribution in [0.25, 0.3) is 0 Å². The third kappa shape index (κ3) is 2.88. The van der Waals surface area contributed by atoms with E-state index in [2.05, 4.69) is 21.4 Å². The maximum Gasteiger partial charge on any atom is 0.132 e. The Hall–Kier alpha value is -0.560. The smallest absolute Gasteiger partial charge is 0.132 e. The number of hydrazine groups is 1. The first-order chi connectivity index (χ1) is 8.63. The molecule has 0 spiro atoms. The second-order valence-electron chi connectivity index (χ2n) is 4.38. The van der Waals surface area contributed by atoms with Crippen LogP contribution in [0.5, 0.6) is 0 Å². The molecular formula is C12H15BrF2N2O. The Bertz CT molecular complexity index is 402. The van der Waals surface area contributed by atoms with E-state index in [0.717, 1.165) is 12.8 Å². The lowest BCUT2D eigenvalue weighted by molar-refractivity contribution is 0.0526. The summed E-state index contributed by atoms with van der Waals surface area (Å²) in [6.45, 7) is 1.20. The lowest BCUT2D eigenvalue weighted by atomic mass is 9.87. The van der Waals surface area contributed by atoms with E-state index in [4.69, 9.17) is 10.6 Å². The third-order valence-electron chi connectivity index (χ3n) is 3.27. The molecule has 18 heavy (non-hydrogen) atoms. The predicted molar refractivity (Wildman–Crippen MR) is 67.7 cm³/mol. The van der Waals surface area contributed by atoms with Crippen LogP contribution >= 0.6 is 15.9 Å². The largest absolute Gasteiger partial charge is 0.381 e. The van der Waals surface area contributed by atoms with Crippen LogP contribution in [-0.4, -0.2) is 13.2 Å². The van der Waals surface area contributed by atoms with Crippen molar-refractivity contribution in [1.29, 1.82) is 0 Å². The van der Waals surface area contributed by atoms with Crippen LogP contribution < -0.4 is 11.3 Å². The first kappa shape index (κ1) is 13.9. The Morgan fingerprint density at radius 1 is 1.28 bits per heavy atom. The van der Waals surface area contributed by atoms with Gasteiger partial charge < -0.3 is 4.74 Å². The molecule has 1 aromatic rings. The summed E-state index contributed by atoms with van der Waals surface area (Å²) >= 11 is 3.06. The van der Waals surface area contributed by atoms with Crippen molar-refractivity contribution in [2.24, 2.45) is 11.8 Å². The Morgan fingerprint density at radius 2 is 1.83 bits per heavy atom. The van der Waals surface area contributed by atoms with Crippen molar-refractivity contribution in [2.45, 2.75) is 18.9 Å². The molecule has 0 amide bonds. The van der Waals surface area contributed by atoms with Crippen molar-refractivity contribution in [1.82, 2.24) is 5.43 Å². The number of rotatable bonds is 3. The van der Waals surface area contributed by atoms with Gasteiger partial charge in [-0.1, -0.05) is 15.9 Å². The number of benzene rings is 1. The summed E-state index contributed by atoms with van der Waals surface area (Å²) < 4.78 is 33.4. The molecule has 1 heterocycles. The zero-order chi connectivity index (χ0) is 13.1. The molecule has 1 aromatic carbocycles. The minimum Gasteiger partial charge on any atom is -0.381 e. The Kier molecular flexibility index (Phi) is 4.66. The number of nitrogens with one attached hydrogen (secondary N) is 1. The summed E-state index contributed by atoms with van der Waals surface area (Å²) in [5.74, 6) is 4.38. The summed E-state index contributed by atoms with van der Waals surface area (Å²) in [5, 5.41) is 0. The van der Waals surface area contributed by atoms with E-state index >= 15 is 0 Å². The lowest BCUT2D eigenvalue weighted by Gasteiger charge is -2.30. The maximum atomic E-state index is 13.9. The van der Waals surface area contributed by atoms with Crippen LogP contribution in [0.4, 0.5) is 8.78 Å².